The van der Waals surface area contributed by atoms with Crippen molar-refractivity contribution in [3.8, 4) is 0 Å². The summed E-state index contributed by atoms with van der Waals surface area (Å²) in [7, 11) is -7.80. The van der Waals surface area contributed by atoms with Gasteiger partial charge in [-0.05, 0) is 66.0 Å². The average molecular weight is 543 g/mol. The van der Waals surface area contributed by atoms with Gasteiger partial charge in [-0.25, -0.2) is 9.13 Å². The molecule has 10 heteroatoms. The van der Waals surface area contributed by atoms with Crippen LogP contribution in [-0.4, -0.2) is 23.9 Å². The first kappa shape index (κ1) is 30.9. The SMILES string of the molecule is CC(CCOP(=O)(OC(C)(C)C)OC(C)(C)C)OP(=O)(OCc1ccccc1)OCc1ccccc1. The highest BCUT2D eigenvalue weighted by Crippen LogP contribution is 2.56. The summed E-state index contributed by atoms with van der Waals surface area (Å²) in [6.45, 7) is 12.4. The van der Waals surface area contributed by atoms with Crippen molar-refractivity contribution in [1.29, 1.82) is 0 Å². The first-order valence-corrected chi connectivity index (χ1v) is 14.9. The highest BCUT2D eigenvalue weighted by molar-refractivity contribution is 7.48. The van der Waals surface area contributed by atoms with E-state index in [0.717, 1.165) is 11.1 Å². The molecule has 202 valence electrons. The van der Waals surface area contributed by atoms with Crippen LogP contribution in [0, 0.1) is 0 Å². The molecule has 0 heterocycles. The highest BCUT2D eigenvalue weighted by Gasteiger charge is 2.37. The van der Waals surface area contributed by atoms with Crippen LogP contribution in [-0.2, 0) is 49.5 Å². The van der Waals surface area contributed by atoms with E-state index in [4.69, 9.17) is 27.1 Å². The van der Waals surface area contributed by atoms with E-state index in [0.29, 0.717) is 0 Å². The molecule has 0 radical (unpaired) electrons. The summed E-state index contributed by atoms with van der Waals surface area (Å²) in [6.07, 6.45) is -0.349. The molecular formula is C26H40O8P2. The van der Waals surface area contributed by atoms with E-state index in [-0.39, 0.29) is 26.2 Å². The molecule has 0 amide bonds. The Morgan fingerprint density at radius 1 is 0.667 bits per heavy atom. The van der Waals surface area contributed by atoms with Crippen molar-refractivity contribution in [2.24, 2.45) is 0 Å². The summed E-state index contributed by atoms with van der Waals surface area (Å²) in [5.41, 5.74) is 0.185. The minimum Gasteiger partial charge on any atom is -0.287 e. The van der Waals surface area contributed by atoms with Gasteiger partial charge in [0.2, 0.25) is 0 Å². The summed E-state index contributed by atoms with van der Waals surface area (Å²) in [5.74, 6) is 0. The topological polar surface area (TPSA) is 89.5 Å². The largest absolute Gasteiger partial charge is 0.475 e. The van der Waals surface area contributed by atoms with E-state index < -0.39 is 33.0 Å². The third-order valence-corrected chi connectivity index (χ3v) is 7.87. The number of hydrogen-bond acceptors (Lipinski definition) is 8. The molecule has 8 nitrogen and oxygen atoms in total. The van der Waals surface area contributed by atoms with Gasteiger partial charge in [0.15, 0.2) is 0 Å². The molecule has 1 atom stereocenters. The average Bonchev–Trinajstić information content (AvgIpc) is 2.75. The van der Waals surface area contributed by atoms with Crippen LogP contribution >= 0.6 is 15.6 Å². The summed E-state index contributed by atoms with van der Waals surface area (Å²) in [5, 5.41) is 0. The zero-order valence-electron chi connectivity index (χ0n) is 22.3. The van der Waals surface area contributed by atoms with E-state index in [9.17, 15) is 9.13 Å². The van der Waals surface area contributed by atoms with Gasteiger partial charge in [0, 0.05) is 0 Å². The molecule has 2 aromatic carbocycles. The standard InChI is InChI=1S/C26H40O8P2/c1-22(18-19-29-36(28,33-25(2,3)4)34-26(5,6)7)32-35(27,30-20-23-14-10-8-11-15-23)31-21-24-16-12-9-13-17-24/h8-17,22H,18-21H2,1-7H3. The first-order chi connectivity index (χ1) is 16.7. The molecule has 0 N–H and O–H groups in total. The Hall–Kier alpha value is -1.34. The molecular weight excluding hydrogens is 502 g/mol. The first-order valence-electron chi connectivity index (χ1n) is 12.0. The lowest BCUT2D eigenvalue weighted by atomic mass is 10.2. The summed E-state index contributed by atoms with van der Waals surface area (Å²) >= 11 is 0. The normalized spacial score (nSPS) is 14.1. The number of phosphoric ester groups is 2. The molecule has 0 aliphatic rings. The van der Waals surface area contributed by atoms with Gasteiger partial charge in [0.25, 0.3) is 0 Å². The van der Waals surface area contributed by atoms with Crippen molar-refractivity contribution in [3.05, 3.63) is 71.8 Å². The van der Waals surface area contributed by atoms with Crippen molar-refractivity contribution < 1.29 is 36.3 Å². The Kier molecular flexibility index (Phi) is 11.5. The van der Waals surface area contributed by atoms with E-state index in [1.165, 1.54) is 0 Å². The summed E-state index contributed by atoms with van der Waals surface area (Å²) in [4.78, 5) is 0. The van der Waals surface area contributed by atoms with Gasteiger partial charge in [-0.3, -0.25) is 27.1 Å². The molecule has 0 spiro atoms. The molecule has 1 unspecified atom stereocenters. The Balaban J connectivity index is 2.02. The van der Waals surface area contributed by atoms with Crippen LogP contribution in [0.5, 0.6) is 0 Å². The summed E-state index contributed by atoms with van der Waals surface area (Å²) in [6, 6.07) is 18.7. The van der Waals surface area contributed by atoms with Crippen molar-refractivity contribution in [2.45, 2.75) is 85.4 Å². The molecule has 0 aliphatic carbocycles. The minimum atomic E-state index is -3.94. The predicted molar refractivity (Wildman–Crippen MR) is 140 cm³/mol. The number of benzene rings is 2. The highest BCUT2D eigenvalue weighted by atomic mass is 31.2. The zero-order valence-corrected chi connectivity index (χ0v) is 24.1. The van der Waals surface area contributed by atoms with Crippen molar-refractivity contribution in [3.63, 3.8) is 0 Å². The molecule has 0 saturated heterocycles. The van der Waals surface area contributed by atoms with Gasteiger partial charge in [-0.15, -0.1) is 0 Å². The molecule has 0 fully saturated rings. The second-order valence-corrected chi connectivity index (χ2v) is 13.5. The Morgan fingerprint density at radius 3 is 1.47 bits per heavy atom. The van der Waals surface area contributed by atoms with Crippen LogP contribution in [0.3, 0.4) is 0 Å². The molecule has 0 aromatic heterocycles. The molecule has 36 heavy (non-hydrogen) atoms. The summed E-state index contributed by atoms with van der Waals surface area (Å²) < 4.78 is 60.6. The fourth-order valence-electron chi connectivity index (χ4n) is 2.90. The van der Waals surface area contributed by atoms with Gasteiger partial charge < -0.3 is 0 Å². The number of rotatable bonds is 14. The van der Waals surface area contributed by atoms with Gasteiger partial charge in [0.05, 0.1) is 37.1 Å². The maximum Gasteiger partial charge on any atom is 0.475 e. The monoisotopic (exact) mass is 542 g/mol. The zero-order chi connectivity index (χ0) is 26.9. The van der Waals surface area contributed by atoms with Crippen LogP contribution in [0.1, 0.15) is 66.0 Å². The van der Waals surface area contributed by atoms with Crippen molar-refractivity contribution in [1.82, 2.24) is 0 Å². The lowest BCUT2D eigenvalue weighted by molar-refractivity contribution is -0.000375. The third-order valence-electron chi connectivity index (χ3n) is 4.32. The van der Waals surface area contributed by atoms with Gasteiger partial charge in [0.1, 0.15) is 0 Å². The predicted octanol–water partition coefficient (Wildman–Crippen LogP) is 8.08. The maximum absolute atomic E-state index is 13.5. The van der Waals surface area contributed by atoms with Gasteiger partial charge in [-0.2, -0.15) is 0 Å². The fraction of sp³-hybridized carbons (Fsp3) is 0.538. The smallest absolute Gasteiger partial charge is 0.287 e. The van der Waals surface area contributed by atoms with E-state index >= 15 is 0 Å². The van der Waals surface area contributed by atoms with Crippen LogP contribution in [0.15, 0.2) is 60.7 Å². The lowest BCUT2D eigenvalue weighted by Crippen LogP contribution is -2.25. The lowest BCUT2D eigenvalue weighted by Gasteiger charge is -2.31. The second kappa shape index (κ2) is 13.5. The van der Waals surface area contributed by atoms with Gasteiger partial charge in [-0.1, -0.05) is 60.7 Å². The molecule has 2 rings (SSSR count). The number of phosphoric acid groups is 2. The van der Waals surface area contributed by atoms with Crippen LogP contribution in [0.2, 0.25) is 0 Å². The third kappa shape index (κ3) is 12.8. The maximum atomic E-state index is 13.5. The molecule has 2 aromatic rings. The van der Waals surface area contributed by atoms with E-state index in [1.54, 1.807) is 48.5 Å². The van der Waals surface area contributed by atoms with Gasteiger partial charge >= 0.3 is 15.6 Å². The minimum absolute atomic E-state index is 0.0119. The van der Waals surface area contributed by atoms with E-state index in [1.807, 2.05) is 60.7 Å². The van der Waals surface area contributed by atoms with Crippen molar-refractivity contribution >= 4 is 15.6 Å². The second-order valence-electron chi connectivity index (χ2n) is 10.4. The Morgan fingerprint density at radius 2 is 1.08 bits per heavy atom. The Bertz CT molecular complexity index is 933. The van der Waals surface area contributed by atoms with Crippen LogP contribution < -0.4 is 0 Å². The Labute approximate surface area is 215 Å². The van der Waals surface area contributed by atoms with E-state index in [2.05, 4.69) is 0 Å². The molecule has 0 aliphatic heterocycles. The van der Waals surface area contributed by atoms with Crippen LogP contribution in [0.25, 0.3) is 0 Å². The fourth-order valence-corrected chi connectivity index (χ4v) is 6.07. The molecule has 0 saturated carbocycles. The van der Waals surface area contributed by atoms with Crippen LogP contribution in [0.4, 0.5) is 0 Å². The van der Waals surface area contributed by atoms with Crippen molar-refractivity contribution in [2.75, 3.05) is 6.61 Å². The molecule has 0 bridgehead atoms. The quantitative estimate of drug-likeness (QED) is 0.221. The number of hydrogen-bond donors (Lipinski definition) is 0.